The van der Waals surface area contributed by atoms with Gasteiger partial charge in [-0.05, 0) is 56.0 Å². The van der Waals surface area contributed by atoms with Crippen LogP contribution in [-0.2, 0) is 16.1 Å². The third kappa shape index (κ3) is 5.70. The van der Waals surface area contributed by atoms with Crippen molar-refractivity contribution in [2.45, 2.75) is 45.5 Å². The summed E-state index contributed by atoms with van der Waals surface area (Å²) in [6.45, 7) is 4.99. The summed E-state index contributed by atoms with van der Waals surface area (Å²) in [5.41, 5.74) is 9.67. The van der Waals surface area contributed by atoms with Crippen LogP contribution in [0.2, 0.25) is 0 Å². The molecule has 3 rings (SSSR count). The highest BCUT2D eigenvalue weighted by Gasteiger charge is 2.30. The molecular formula is C21H27ClN2O3. The maximum Gasteiger partial charge on any atom is 0.253 e. The van der Waals surface area contributed by atoms with Gasteiger partial charge in [0.25, 0.3) is 5.91 Å². The van der Waals surface area contributed by atoms with Crippen molar-refractivity contribution in [2.75, 3.05) is 11.9 Å². The van der Waals surface area contributed by atoms with Gasteiger partial charge in [0.1, 0.15) is 18.5 Å². The van der Waals surface area contributed by atoms with E-state index in [0.717, 1.165) is 29.0 Å². The van der Waals surface area contributed by atoms with Gasteiger partial charge in [0.2, 0.25) is 0 Å². The summed E-state index contributed by atoms with van der Waals surface area (Å²) < 4.78 is 11.5. The van der Waals surface area contributed by atoms with Gasteiger partial charge in [-0.2, -0.15) is 0 Å². The molecule has 0 unspecified atom stereocenters. The van der Waals surface area contributed by atoms with E-state index in [-0.39, 0.29) is 24.4 Å². The Kier molecular flexibility index (Phi) is 7.66. The SMILES string of the molecule is Cc1cccc(COc2ccc(NC(=O)[C@@H]3CC[C@H](CN)O3)c(C)c2)c1.Cl. The first-order valence-corrected chi connectivity index (χ1v) is 9.00. The van der Waals surface area contributed by atoms with Crippen molar-refractivity contribution in [3.8, 4) is 5.75 Å². The van der Waals surface area contributed by atoms with E-state index in [9.17, 15) is 4.79 Å². The monoisotopic (exact) mass is 390 g/mol. The molecule has 2 aromatic rings. The van der Waals surface area contributed by atoms with Crippen LogP contribution in [-0.4, -0.2) is 24.7 Å². The quantitative estimate of drug-likeness (QED) is 0.787. The van der Waals surface area contributed by atoms with E-state index < -0.39 is 6.10 Å². The van der Waals surface area contributed by atoms with Gasteiger partial charge in [-0.25, -0.2) is 0 Å². The number of ether oxygens (including phenoxy) is 2. The molecule has 1 amide bonds. The Morgan fingerprint density at radius 3 is 2.70 bits per heavy atom. The van der Waals surface area contributed by atoms with Gasteiger partial charge in [0, 0.05) is 12.2 Å². The van der Waals surface area contributed by atoms with Crippen molar-refractivity contribution < 1.29 is 14.3 Å². The Balaban J connectivity index is 0.00000261. The number of carbonyl (C=O) groups excluding carboxylic acids is 1. The second-order valence-corrected chi connectivity index (χ2v) is 6.80. The van der Waals surface area contributed by atoms with Gasteiger partial charge in [-0.3, -0.25) is 4.79 Å². The minimum atomic E-state index is -0.416. The van der Waals surface area contributed by atoms with E-state index in [4.69, 9.17) is 15.2 Å². The second-order valence-electron chi connectivity index (χ2n) is 6.80. The van der Waals surface area contributed by atoms with Crippen LogP contribution in [0.4, 0.5) is 5.69 Å². The molecule has 1 aliphatic heterocycles. The van der Waals surface area contributed by atoms with E-state index >= 15 is 0 Å². The summed E-state index contributed by atoms with van der Waals surface area (Å²) in [6, 6.07) is 13.9. The largest absolute Gasteiger partial charge is 0.489 e. The van der Waals surface area contributed by atoms with Crippen LogP contribution < -0.4 is 15.8 Å². The van der Waals surface area contributed by atoms with Crippen molar-refractivity contribution in [3.05, 3.63) is 59.2 Å². The van der Waals surface area contributed by atoms with Crippen LogP contribution >= 0.6 is 12.4 Å². The lowest BCUT2D eigenvalue weighted by Gasteiger charge is -2.15. The molecule has 1 heterocycles. The zero-order chi connectivity index (χ0) is 18.5. The van der Waals surface area contributed by atoms with Gasteiger partial charge in [-0.15, -0.1) is 12.4 Å². The number of nitrogens with one attached hydrogen (secondary N) is 1. The molecule has 0 spiro atoms. The molecule has 0 radical (unpaired) electrons. The maximum absolute atomic E-state index is 12.3. The summed E-state index contributed by atoms with van der Waals surface area (Å²) in [7, 11) is 0. The van der Waals surface area contributed by atoms with Crippen molar-refractivity contribution >= 4 is 24.0 Å². The lowest BCUT2D eigenvalue weighted by molar-refractivity contribution is -0.126. The number of anilines is 1. The van der Waals surface area contributed by atoms with E-state index in [1.165, 1.54) is 5.56 Å². The molecule has 1 aliphatic rings. The lowest BCUT2D eigenvalue weighted by Crippen LogP contribution is -2.30. The maximum atomic E-state index is 12.3. The number of nitrogens with two attached hydrogens (primary N) is 1. The fourth-order valence-corrected chi connectivity index (χ4v) is 3.12. The number of amides is 1. The van der Waals surface area contributed by atoms with Crippen LogP contribution in [0.1, 0.15) is 29.5 Å². The summed E-state index contributed by atoms with van der Waals surface area (Å²) in [5, 5.41) is 2.94. The molecule has 0 aliphatic carbocycles. The van der Waals surface area contributed by atoms with E-state index in [1.807, 2.05) is 37.3 Å². The fourth-order valence-electron chi connectivity index (χ4n) is 3.12. The van der Waals surface area contributed by atoms with E-state index in [1.54, 1.807) is 0 Å². The standard InChI is InChI=1S/C21H26N2O3.ClH/c1-14-4-3-5-16(10-14)13-25-17-6-8-19(15(2)11-17)23-21(24)20-9-7-18(12-22)26-20;/h3-6,8,10-11,18,20H,7,9,12-13,22H2,1-2H3,(H,23,24);1H/t18-,20+;/m1./s1. The minimum Gasteiger partial charge on any atom is -0.489 e. The van der Waals surface area contributed by atoms with Crippen LogP contribution in [0.5, 0.6) is 5.75 Å². The van der Waals surface area contributed by atoms with Crippen molar-refractivity contribution in [1.82, 2.24) is 0 Å². The first kappa shape index (κ1) is 21.2. The van der Waals surface area contributed by atoms with Gasteiger partial charge in [-0.1, -0.05) is 29.8 Å². The molecule has 0 bridgehead atoms. The topological polar surface area (TPSA) is 73.6 Å². The average Bonchev–Trinajstić information content (AvgIpc) is 3.11. The highest BCUT2D eigenvalue weighted by molar-refractivity contribution is 5.95. The number of carbonyl (C=O) groups is 1. The van der Waals surface area contributed by atoms with E-state index in [2.05, 4.69) is 24.4 Å². The fraction of sp³-hybridized carbons (Fsp3) is 0.381. The lowest BCUT2D eigenvalue weighted by atomic mass is 10.1. The molecule has 2 atom stereocenters. The summed E-state index contributed by atoms with van der Waals surface area (Å²) >= 11 is 0. The molecule has 146 valence electrons. The molecule has 0 aromatic heterocycles. The van der Waals surface area contributed by atoms with Crippen LogP contribution in [0, 0.1) is 13.8 Å². The molecule has 27 heavy (non-hydrogen) atoms. The number of hydrogen-bond donors (Lipinski definition) is 2. The first-order valence-electron chi connectivity index (χ1n) is 9.00. The second kappa shape index (κ2) is 9.74. The van der Waals surface area contributed by atoms with Gasteiger partial charge in [0.15, 0.2) is 0 Å². The van der Waals surface area contributed by atoms with Crippen LogP contribution in [0.25, 0.3) is 0 Å². The van der Waals surface area contributed by atoms with E-state index in [0.29, 0.717) is 19.6 Å². The van der Waals surface area contributed by atoms with Crippen LogP contribution in [0.15, 0.2) is 42.5 Å². The molecule has 3 N–H and O–H groups in total. The van der Waals surface area contributed by atoms with Crippen molar-refractivity contribution in [3.63, 3.8) is 0 Å². The Morgan fingerprint density at radius 2 is 2.04 bits per heavy atom. The first-order chi connectivity index (χ1) is 12.5. The third-order valence-corrected chi connectivity index (χ3v) is 4.61. The smallest absolute Gasteiger partial charge is 0.253 e. The third-order valence-electron chi connectivity index (χ3n) is 4.61. The normalized spacial score (nSPS) is 18.6. The number of benzene rings is 2. The predicted molar refractivity (Wildman–Crippen MR) is 110 cm³/mol. The van der Waals surface area contributed by atoms with Gasteiger partial charge in [0.05, 0.1) is 6.10 Å². The summed E-state index contributed by atoms with van der Waals surface area (Å²) in [4.78, 5) is 12.3. The highest BCUT2D eigenvalue weighted by atomic mass is 35.5. The summed E-state index contributed by atoms with van der Waals surface area (Å²) in [6.07, 6.45) is 1.12. The molecule has 5 nitrogen and oxygen atoms in total. The molecule has 2 aromatic carbocycles. The number of aryl methyl sites for hydroxylation is 2. The van der Waals surface area contributed by atoms with Gasteiger partial charge < -0.3 is 20.5 Å². The van der Waals surface area contributed by atoms with Gasteiger partial charge >= 0.3 is 0 Å². The Labute approximate surface area is 166 Å². The summed E-state index contributed by atoms with van der Waals surface area (Å²) in [5.74, 6) is 0.666. The Bertz CT molecular complexity index is 782. The predicted octanol–water partition coefficient (Wildman–Crippen LogP) is 3.75. The van der Waals surface area contributed by atoms with Crippen molar-refractivity contribution in [1.29, 1.82) is 0 Å². The zero-order valence-corrected chi connectivity index (χ0v) is 16.6. The number of halogens is 1. The Hall–Kier alpha value is -2.08. The number of hydrogen-bond acceptors (Lipinski definition) is 4. The molecule has 6 heteroatoms. The van der Waals surface area contributed by atoms with Crippen molar-refractivity contribution in [2.24, 2.45) is 5.73 Å². The average molecular weight is 391 g/mol. The minimum absolute atomic E-state index is 0. The molecule has 1 fully saturated rings. The van der Waals surface area contributed by atoms with Crippen LogP contribution in [0.3, 0.4) is 0 Å². The molecule has 1 saturated heterocycles. The zero-order valence-electron chi connectivity index (χ0n) is 15.7. The number of rotatable bonds is 6. The highest BCUT2D eigenvalue weighted by Crippen LogP contribution is 2.25. The Morgan fingerprint density at radius 1 is 1.22 bits per heavy atom. The molecular weight excluding hydrogens is 364 g/mol. The molecule has 0 saturated carbocycles.